The summed E-state index contributed by atoms with van der Waals surface area (Å²) < 4.78 is 70.7. The number of hydrogen-bond donors (Lipinski definition) is 1. The number of phosphoric ester groups is 1. The van der Waals surface area contributed by atoms with Crippen LogP contribution in [0.4, 0.5) is 8.78 Å². The van der Waals surface area contributed by atoms with Crippen molar-refractivity contribution in [1.82, 2.24) is 9.55 Å². The van der Waals surface area contributed by atoms with Crippen molar-refractivity contribution in [3.8, 4) is 0 Å². The minimum atomic E-state index is -6.13. The molecule has 1 aliphatic rings. The van der Waals surface area contributed by atoms with E-state index in [-0.39, 0.29) is 6.42 Å². The molecule has 0 saturated heterocycles. The van der Waals surface area contributed by atoms with Crippen LogP contribution in [0, 0.1) is 11.7 Å². The van der Waals surface area contributed by atoms with Crippen molar-refractivity contribution in [2.24, 2.45) is 5.92 Å². The average molecular weight is 468 g/mol. The molecule has 160 valence electrons. The molecule has 1 aromatic rings. The quantitative estimate of drug-likeness (QED) is 0.387. The van der Waals surface area contributed by atoms with Gasteiger partial charge in [-0.05, 0) is 6.42 Å². The number of alkyl halides is 1. The van der Waals surface area contributed by atoms with Crippen molar-refractivity contribution < 1.29 is 55.2 Å². The van der Waals surface area contributed by atoms with Gasteiger partial charge >= 0.3 is 5.69 Å². The first-order valence-corrected chi connectivity index (χ1v) is 11.3. The SMILES string of the molecule is O=c1[nH]c(=O)n([C@H]2C[C@@H](COP(=O)([O-])OP(=O)([O-])OP(=O)([O-])[O-])[C@@H]2F)cc1F. The van der Waals surface area contributed by atoms with Crippen LogP contribution in [0.2, 0.25) is 0 Å². The van der Waals surface area contributed by atoms with Gasteiger partial charge < -0.3 is 28.7 Å². The Bertz CT molecular complexity index is 1000. The van der Waals surface area contributed by atoms with Crippen LogP contribution in [0.5, 0.6) is 0 Å². The molecule has 0 bridgehead atoms. The van der Waals surface area contributed by atoms with Gasteiger partial charge in [0.05, 0.1) is 26.7 Å². The second-order valence-corrected chi connectivity index (χ2v) is 9.70. The number of rotatable bonds is 8. The fourth-order valence-corrected chi connectivity index (χ4v) is 5.20. The van der Waals surface area contributed by atoms with Gasteiger partial charge in [-0.2, -0.15) is 4.39 Å². The fraction of sp³-hybridized carbons (Fsp3) is 0.556. The topological polar surface area (TPSA) is 226 Å². The largest absolute Gasteiger partial charge is 0.790 e. The van der Waals surface area contributed by atoms with E-state index in [1.807, 2.05) is 0 Å². The van der Waals surface area contributed by atoms with Crippen molar-refractivity contribution in [2.75, 3.05) is 6.61 Å². The van der Waals surface area contributed by atoms with Gasteiger partial charge in [0, 0.05) is 5.92 Å². The van der Waals surface area contributed by atoms with Crippen LogP contribution in [0.3, 0.4) is 0 Å². The minimum absolute atomic E-state index is 0.269. The van der Waals surface area contributed by atoms with E-state index in [4.69, 9.17) is 0 Å². The third kappa shape index (κ3) is 5.97. The molecule has 2 unspecified atom stereocenters. The molecule has 19 heteroatoms. The van der Waals surface area contributed by atoms with Gasteiger partial charge in [0.15, 0.2) is 0 Å². The summed E-state index contributed by atoms with van der Waals surface area (Å²) in [6.07, 6.45) is -1.76. The van der Waals surface area contributed by atoms with Gasteiger partial charge in [-0.15, -0.1) is 0 Å². The Hall–Kier alpha value is -1.05. The molecular weight excluding hydrogens is 459 g/mol. The summed E-state index contributed by atoms with van der Waals surface area (Å²) in [5, 5.41) is 0. The van der Waals surface area contributed by atoms with Crippen LogP contribution in [0.1, 0.15) is 12.5 Å². The molecule has 1 fully saturated rings. The molecule has 14 nitrogen and oxygen atoms in total. The van der Waals surface area contributed by atoms with Crippen LogP contribution in [0.25, 0.3) is 0 Å². The van der Waals surface area contributed by atoms with Gasteiger partial charge in [0.25, 0.3) is 21.2 Å². The second-order valence-electron chi connectivity index (χ2n) is 5.45. The minimum Gasteiger partial charge on any atom is -0.790 e. The predicted molar refractivity (Wildman–Crippen MR) is 74.3 cm³/mol. The maximum Gasteiger partial charge on any atom is 0.328 e. The lowest BCUT2D eigenvalue weighted by Gasteiger charge is -2.41. The third-order valence-corrected chi connectivity index (χ3v) is 7.16. The molecule has 1 aliphatic carbocycles. The van der Waals surface area contributed by atoms with Crippen molar-refractivity contribution >= 4 is 23.5 Å². The van der Waals surface area contributed by atoms with Crippen LogP contribution >= 0.6 is 23.5 Å². The van der Waals surface area contributed by atoms with E-state index < -0.39 is 65.3 Å². The number of nitrogens with zero attached hydrogens (tertiary/aromatic N) is 1. The highest BCUT2D eigenvalue weighted by atomic mass is 31.3. The number of halogens is 2. The lowest BCUT2D eigenvalue weighted by Crippen LogP contribution is -2.47. The normalized spacial score (nSPS) is 26.9. The van der Waals surface area contributed by atoms with E-state index in [2.05, 4.69) is 13.1 Å². The number of aromatic nitrogens is 2. The number of nitrogens with one attached hydrogen (secondary N) is 1. The smallest absolute Gasteiger partial charge is 0.328 e. The van der Waals surface area contributed by atoms with Crippen molar-refractivity contribution in [3.63, 3.8) is 0 Å². The molecule has 0 aromatic carbocycles. The Kier molecular flexibility index (Phi) is 6.63. The zero-order valence-electron chi connectivity index (χ0n) is 13.2. The lowest BCUT2D eigenvalue weighted by atomic mass is 9.78. The zero-order valence-corrected chi connectivity index (χ0v) is 15.9. The molecule has 0 radical (unpaired) electrons. The summed E-state index contributed by atoms with van der Waals surface area (Å²) in [6.45, 7) is -0.995. The van der Waals surface area contributed by atoms with Crippen molar-refractivity contribution in [3.05, 3.63) is 32.9 Å². The molecule has 1 heterocycles. The Morgan fingerprint density at radius 1 is 1.14 bits per heavy atom. The summed E-state index contributed by atoms with van der Waals surface area (Å²) in [7, 11) is -18.0. The molecule has 0 amide bonds. The van der Waals surface area contributed by atoms with Crippen LogP contribution in [-0.2, 0) is 26.8 Å². The number of hydrogen-bond acceptors (Lipinski definition) is 12. The molecule has 1 N–H and O–H groups in total. The molecular formula is C9H9F2N2O12P3-4. The van der Waals surface area contributed by atoms with Gasteiger partial charge in [-0.1, -0.05) is 0 Å². The monoisotopic (exact) mass is 468 g/mol. The first-order chi connectivity index (χ1) is 12.6. The average Bonchev–Trinajstić information content (AvgIpc) is 2.46. The molecule has 0 aliphatic heterocycles. The Morgan fingerprint density at radius 2 is 1.75 bits per heavy atom. The molecule has 1 aromatic heterocycles. The number of H-pyrrole nitrogens is 1. The summed E-state index contributed by atoms with van der Waals surface area (Å²) in [5.74, 6) is -2.57. The first-order valence-electron chi connectivity index (χ1n) is 6.97. The standard InChI is InChI=1S/C9H13F2N2O12P3/c10-5-2-13(9(15)12-8(5)14)6-1-4(7(6)11)3-23-27(19,20)25-28(21,22)24-26(16,17)18/h2,4,6-7H,1,3H2,(H,19,20)(H,21,22)(H,12,14,15)(H2,16,17,18)/p-4/t4-,6-,7-/m0/s1. The van der Waals surface area contributed by atoms with Crippen LogP contribution in [0.15, 0.2) is 15.8 Å². The van der Waals surface area contributed by atoms with Gasteiger partial charge in [0.2, 0.25) is 5.82 Å². The molecule has 0 spiro atoms. The van der Waals surface area contributed by atoms with Crippen LogP contribution in [-0.4, -0.2) is 22.3 Å². The van der Waals surface area contributed by atoms with E-state index in [0.717, 1.165) is 0 Å². The maximum atomic E-state index is 14.1. The highest BCUT2D eigenvalue weighted by Gasteiger charge is 2.44. The summed E-state index contributed by atoms with van der Waals surface area (Å²) in [4.78, 5) is 66.7. The first kappa shape index (κ1) is 23.2. The van der Waals surface area contributed by atoms with Crippen molar-refractivity contribution in [1.29, 1.82) is 0 Å². The number of aromatic amines is 1. The molecule has 2 rings (SSSR count). The number of phosphoric acid groups is 3. The van der Waals surface area contributed by atoms with Crippen LogP contribution < -0.4 is 30.8 Å². The van der Waals surface area contributed by atoms with E-state index in [0.29, 0.717) is 10.8 Å². The van der Waals surface area contributed by atoms with E-state index >= 15 is 0 Å². The van der Waals surface area contributed by atoms with E-state index in [1.165, 1.54) is 0 Å². The highest BCUT2D eigenvalue weighted by molar-refractivity contribution is 7.64. The molecule has 1 saturated carbocycles. The van der Waals surface area contributed by atoms with Gasteiger partial charge in [-0.3, -0.25) is 27.8 Å². The molecule has 5 atom stereocenters. The van der Waals surface area contributed by atoms with E-state index in [9.17, 15) is 51.6 Å². The highest BCUT2D eigenvalue weighted by Crippen LogP contribution is 2.60. The maximum absolute atomic E-state index is 14.1. The summed E-state index contributed by atoms with van der Waals surface area (Å²) in [5.41, 5.74) is -2.43. The predicted octanol–water partition coefficient (Wildman–Crippen LogP) is -2.61. The van der Waals surface area contributed by atoms with E-state index in [1.54, 1.807) is 4.98 Å². The Labute approximate surface area is 153 Å². The van der Waals surface area contributed by atoms with Gasteiger partial charge in [-0.25, -0.2) is 13.5 Å². The summed E-state index contributed by atoms with van der Waals surface area (Å²) >= 11 is 0. The third-order valence-electron chi connectivity index (χ3n) is 3.49. The summed E-state index contributed by atoms with van der Waals surface area (Å²) in [6, 6.07) is -1.26. The Balaban J connectivity index is 1.96. The van der Waals surface area contributed by atoms with Crippen molar-refractivity contribution in [2.45, 2.75) is 18.6 Å². The lowest BCUT2D eigenvalue weighted by molar-refractivity contribution is -0.339. The van der Waals surface area contributed by atoms with Gasteiger partial charge in [0.1, 0.15) is 6.17 Å². The zero-order chi connectivity index (χ0) is 21.5. The second kappa shape index (κ2) is 8.00. The fourth-order valence-electron chi connectivity index (χ4n) is 2.29. The molecule has 28 heavy (non-hydrogen) atoms. The Morgan fingerprint density at radius 3 is 2.29 bits per heavy atom.